The number of hydrogen-bond acceptors (Lipinski definition) is 2. The molecule has 1 unspecified atom stereocenters. The standard InChI is InChI=1S/C16H21N3O/c1-16(2)10-6-5-9-13(16)17-15(20)14-11-7-3-4-8-12(11)18-19-14/h3-4,7-8,13H,5-6,9-10H2,1-2H3,(H,17,20)(H,18,19). The van der Waals surface area contributed by atoms with Crippen LogP contribution in [0.2, 0.25) is 0 Å². The molecule has 106 valence electrons. The van der Waals surface area contributed by atoms with Crippen LogP contribution < -0.4 is 5.32 Å². The molecule has 0 aliphatic heterocycles. The summed E-state index contributed by atoms with van der Waals surface area (Å²) in [6, 6.07) is 7.97. The monoisotopic (exact) mass is 271 g/mol. The van der Waals surface area contributed by atoms with Gasteiger partial charge in [-0.1, -0.05) is 44.9 Å². The lowest BCUT2D eigenvalue weighted by molar-refractivity contribution is 0.0850. The highest BCUT2D eigenvalue weighted by Gasteiger charge is 2.33. The molecule has 1 heterocycles. The maximum Gasteiger partial charge on any atom is 0.272 e. The first-order valence-electron chi connectivity index (χ1n) is 7.32. The van der Waals surface area contributed by atoms with Gasteiger partial charge >= 0.3 is 0 Å². The Bertz CT molecular complexity index is 629. The van der Waals surface area contributed by atoms with Crippen LogP contribution in [-0.4, -0.2) is 22.1 Å². The molecule has 0 radical (unpaired) electrons. The van der Waals surface area contributed by atoms with E-state index in [0.717, 1.165) is 17.3 Å². The quantitative estimate of drug-likeness (QED) is 0.880. The number of carbonyl (C=O) groups excluding carboxylic acids is 1. The van der Waals surface area contributed by atoms with Crippen LogP contribution in [0.1, 0.15) is 50.0 Å². The average molecular weight is 271 g/mol. The van der Waals surface area contributed by atoms with Crippen molar-refractivity contribution >= 4 is 16.8 Å². The molecule has 3 rings (SSSR count). The summed E-state index contributed by atoms with van der Waals surface area (Å²) in [5.41, 5.74) is 1.57. The van der Waals surface area contributed by atoms with E-state index in [1.165, 1.54) is 19.3 Å². The number of fused-ring (bicyclic) bond motifs is 1. The van der Waals surface area contributed by atoms with Crippen molar-refractivity contribution in [3.63, 3.8) is 0 Å². The van der Waals surface area contributed by atoms with Crippen LogP contribution in [-0.2, 0) is 0 Å². The molecule has 1 atom stereocenters. The third-order valence-corrected chi connectivity index (χ3v) is 4.50. The summed E-state index contributed by atoms with van der Waals surface area (Å²) >= 11 is 0. The van der Waals surface area contributed by atoms with Gasteiger partial charge in [0, 0.05) is 11.4 Å². The van der Waals surface area contributed by atoms with Crippen LogP contribution in [0.4, 0.5) is 0 Å². The van der Waals surface area contributed by atoms with Crippen molar-refractivity contribution in [2.45, 2.75) is 45.6 Å². The average Bonchev–Trinajstić information content (AvgIpc) is 2.85. The topological polar surface area (TPSA) is 57.8 Å². The van der Waals surface area contributed by atoms with Crippen molar-refractivity contribution in [2.75, 3.05) is 0 Å². The molecule has 1 aliphatic carbocycles. The first-order chi connectivity index (χ1) is 9.58. The number of benzene rings is 1. The van der Waals surface area contributed by atoms with E-state index in [1.54, 1.807) is 0 Å². The van der Waals surface area contributed by atoms with Gasteiger partial charge in [-0.15, -0.1) is 0 Å². The third kappa shape index (κ3) is 2.30. The molecule has 1 amide bonds. The molecular weight excluding hydrogens is 250 g/mol. The highest BCUT2D eigenvalue weighted by atomic mass is 16.2. The first kappa shape index (κ1) is 13.2. The van der Waals surface area contributed by atoms with Crippen LogP contribution in [0, 0.1) is 5.41 Å². The zero-order chi connectivity index (χ0) is 14.2. The van der Waals surface area contributed by atoms with Gasteiger partial charge in [0.1, 0.15) is 0 Å². The zero-order valence-electron chi connectivity index (χ0n) is 12.1. The number of aromatic nitrogens is 2. The van der Waals surface area contributed by atoms with Crippen molar-refractivity contribution in [3.8, 4) is 0 Å². The molecule has 2 aromatic rings. The maximum atomic E-state index is 12.5. The molecule has 1 aromatic heterocycles. The number of nitrogens with one attached hydrogen (secondary N) is 2. The number of hydrogen-bond donors (Lipinski definition) is 2. The molecular formula is C16H21N3O. The normalized spacial score (nSPS) is 21.8. The van der Waals surface area contributed by atoms with Gasteiger partial charge in [-0.05, 0) is 24.3 Å². The molecule has 0 bridgehead atoms. The minimum Gasteiger partial charge on any atom is -0.347 e. The van der Waals surface area contributed by atoms with E-state index < -0.39 is 0 Å². The van der Waals surface area contributed by atoms with E-state index in [0.29, 0.717) is 5.69 Å². The summed E-state index contributed by atoms with van der Waals surface area (Å²) in [6.07, 6.45) is 4.67. The van der Waals surface area contributed by atoms with E-state index in [9.17, 15) is 4.79 Å². The molecule has 1 aliphatic rings. The molecule has 2 N–H and O–H groups in total. The Morgan fingerprint density at radius 1 is 1.35 bits per heavy atom. The summed E-state index contributed by atoms with van der Waals surface area (Å²) in [5.74, 6) is -0.0672. The van der Waals surface area contributed by atoms with Gasteiger partial charge in [-0.3, -0.25) is 9.89 Å². The predicted octanol–water partition coefficient (Wildman–Crippen LogP) is 3.26. The summed E-state index contributed by atoms with van der Waals surface area (Å²) in [4.78, 5) is 12.5. The lowest BCUT2D eigenvalue weighted by Crippen LogP contribution is -2.46. The van der Waals surface area contributed by atoms with Crippen molar-refractivity contribution < 1.29 is 4.79 Å². The van der Waals surface area contributed by atoms with Crippen molar-refractivity contribution in [2.24, 2.45) is 5.41 Å². The summed E-state index contributed by atoms with van der Waals surface area (Å²) in [6.45, 7) is 4.47. The number of rotatable bonds is 2. The second-order valence-electron chi connectivity index (χ2n) is 6.38. The van der Waals surface area contributed by atoms with E-state index in [4.69, 9.17) is 0 Å². The number of amides is 1. The number of nitrogens with zero attached hydrogens (tertiary/aromatic N) is 1. The molecule has 0 spiro atoms. The second-order valence-corrected chi connectivity index (χ2v) is 6.38. The summed E-state index contributed by atoms with van der Waals surface area (Å²) in [7, 11) is 0. The van der Waals surface area contributed by atoms with Crippen LogP contribution >= 0.6 is 0 Å². The van der Waals surface area contributed by atoms with Crippen molar-refractivity contribution in [1.29, 1.82) is 0 Å². The molecule has 4 nitrogen and oxygen atoms in total. The Labute approximate surface area is 119 Å². The fourth-order valence-electron chi connectivity index (χ4n) is 3.12. The van der Waals surface area contributed by atoms with Gasteiger partial charge in [-0.2, -0.15) is 5.10 Å². The summed E-state index contributed by atoms with van der Waals surface area (Å²) < 4.78 is 0. The molecule has 1 aromatic carbocycles. The Kier molecular flexibility index (Phi) is 3.24. The van der Waals surface area contributed by atoms with Gasteiger partial charge < -0.3 is 5.32 Å². The smallest absolute Gasteiger partial charge is 0.272 e. The van der Waals surface area contributed by atoms with Crippen LogP contribution in [0.15, 0.2) is 24.3 Å². The van der Waals surface area contributed by atoms with Gasteiger partial charge in [0.15, 0.2) is 5.69 Å². The van der Waals surface area contributed by atoms with Gasteiger partial charge in [-0.25, -0.2) is 0 Å². The molecule has 4 heteroatoms. The van der Waals surface area contributed by atoms with Crippen molar-refractivity contribution in [1.82, 2.24) is 15.5 Å². The number of aromatic amines is 1. The highest BCUT2D eigenvalue weighted by Crippen LogP contribution is 2.35. The van der Waals surface area contributed by atoms with Gasteiger partial charge in [0.25, 0.3) is 5.91 Å². The minimum atomic E-state index is -0.0672. The fraction of sp³-hybridized carbons (Fsp3) is 0.500. The van der Waals surface area contributed by atoms with E-state index in [-0.39, 0.29) is 17.4 Å². The molecule has 20 heavy (non-hydrogen) atoms. The Hall–Kier alpha value is -1.84. The number of carbonyl (C=O) groups is 1. The lowest BCUT2D eigenvalue weighted by Gasteiger charge is -2.38. The number of para-hydroxylation sites is 1. The Balaban J connectivity index is 1.82. The molecule has 1 saturated carbocycles. The van der Waals surface area contributed by atoms with Crippen LogP contribution in [0.25, 0.3) is 10.9 Å². The second kappa shape index (κ2) is 4.93. The minimum absolute atomic E-state index is 0.0672. The van der Waals surface area contributed by atoms with Gasteiger partial charge in [0.2, 0.25) is 0 Å². The maximum absolute atomic E-state index is 12.5. The van der Waals surface area contributed by atoms with E-state index in [2.05, 4.69) is 29.4 Å². The predicted molar refractivity (Wildman–Crippen MR) is 79.6 cm³/mol. The highest BCUT2D eigenvalue weighted by molar-refractivity contribution is 6.04. The zero-order valence-corrected chi connectivity index (χ0v) is 12.1. The largest absolute Gasteiger partial charge is 0.347 e. The third-order valence-electron chi connectivity index (χ3n) is 4.50. The molecule has 0 saturated heterocycles. The first-order valence-corrected chi connectivity index (χ1v) is 7.32. The van der Waals surface area contributed by atoms with Crippen LogP contribution in [0.3, 0.4) is 0 Å². The SMILES string of the molecule is CC1(C)CCCCC1NC(=O)c1n[nH]c2ccccc12. The van der Waals surface area contributed by atoms with E-state index >= 15 is 0 Å². The van der Waals surface area contributed by atoms with Crippen molar-refractivity contribution in [3.05, 3.63) is 30.0 Å². The van der Waals surface area contributed by atoms with Gasteiger partial charge in [0.05, 0.1) is 5.52 Å². The van der Waals surface area contributed by atoms with E-state index in [1.807, 2.05) is 24.3 Å². The Morgan fingerprint density at radius 2 is 2.15 bits per heavy atom. The fourth-order valence-corrected chi connectivity index (χ4v) is 3.12. The van der Waals surface area contributed by atoms with Crippen LogP contribution in [0.5, 0.6) is 0 Å². The summed E-state index contributed by atoms with van der Waals surface area (Å²) in [5, 5.41) is 11.2. The number of H-pyrrole nitrogens is 1. The Morgan fingerprint density at radius 3 is 2.95 bits per heavy atom. The molecule has 1 fully saturated rings. The lowest BCUT2D eigenvalue weighted by atomic mass is 9.73.